The maximum absolute atomic E-state index is 12.9. The van der Waals surface area contributed by atoms with Gasteiger partial charge in [0, 0.05) is 43.1 Å². The summed E-state index contributed by atoms with van der Waals surface area (Å²) >= 11 is 0. The van der Waals surface area contributed by atoms with Crippen molar-refractivity contribution in [1.82, 2.24) is 4.57 Å². The van der Waals surface area contributed by atoms with Crippen molar-refractivity contribution >= 4 is 27.1 Å². The Morgan fingerprint density at radius 3 is 2.44 bits per heavy atom. The van der Waals surface area contributed by atoms with Gasteiger partial charge >= 0.3 is 0 Å². The maximum atomic E-state index is 12.9. The molecule has 2 aliphatic rings. The molecule has 1 saturated heterocycles. The van der Waals surface area contributed by atoms with Crippen LogP contribution in [0.3, 0.4) is 0 Å². The predicted octanol–water partition coefficient (Wildman–Crippen LogP) is 2.73. The SMILES string of the molecule is CO[C@H]1C(=O)N2c3c(cn(Cc4ccc([N+](=O)[O-])cc4)c3-c3ccccc3)CS(=O)(=O)[C@H]12. The molecule has 1 aromatic heterocycles. The summed E-state index contributed by atoms with van der Waals surface area (Å²) in [5.74, 6) is -0.573. The standard InChI is InChI=1S/C22H19N3O6S/c1-31-20-21(26)24-19-16(13-32(29,30)22(20)24)12-23(18(19)15-5-3-2-4-6-15)11-14-7-9-17(10-8-14)25(27)28/h2-10,12,20,22H,11,13H2,1H3/t20-,22+/m0/s1. The Kier molecular flexibility index (Phi) is 4.64. The molecule has 32 heavy (non-hydrogen) atoms. The summed E-state index contributed by atoms with van der Waals surface area (Å²) < 4.78 is 32.8. The largest absolute Gasteiger partial charge is 0.368 e. The molecule has 164 valence electrons. The van der Waals surface area contributed by atoms with Gasteiger partial charge in [-0.3, -0.25) is 19.8 Å². The highest BCUT2D eigenvalue weighted by atomic mass is 32.2. The molecule has 1 fully saturated rings. The van der Waals surface area contributed by atoms with Crippen molar-refractivity contribution in [1.29, 1.82) is 0 Å². The molecule has 10 heteroatoms. The van der Waals surface area contributed by atoms with Gasteiger partial charge in [0.05, 0.1) is 22.1 Å². The number of aromatic nitrogens is 1. The summed E-state index contributed by atoms with van der Waals surface area (Å²) in [7, 11) is -2.28. The van der Waals surface area contributed by atoms with E-state index in [9.17, 15) is 23.3 Å². The van der Waals surface area contributed by atoms with Gasteiger partial charge in [0.1, 0.15) is 0 Å². The Hall–Kier alpha value is -3.50. The Morgan fingerprint density at radius 2 is 1.81 bits per heavy atom. The lowest BCUT2D eigenvalue weighted by atomic mass is 10.0. The van der Waals surface area contributed by atoms with Crippen LogP contribution >= 0.6 is 0 Å². The number of methoxy groups -OCH3 is 1. The van der Waals surface area contributed by atoms with Gasteiger partial charge in [0.2, 0.25) is 0 Å². The number of β-lactam (4-membered cyclic amide) rings is 1. The van der Waals surface area contributed by atoms with Crippen LogP contribution < -0.4 is 4.90 Å². The van der Waals surface area contributed by atoms with Crippen LogP contribution in [0.1, 0.15) is 11.1 Å². The minimum atomic E-state index is -3.61. The van der Waals surface area contributed by atoms with E-state index in [2.05, 4.69) is 0 Å². The molecule has 0 N–H and O–H groups in total. The van der Waals surface area contributed by atoms with Gasteiger partial charge in [-0.1, -0.05) is 42.5 Å². The third kappa shape index (κ3) is 3.02. The second kappa shape index (κ2) is 7.28. The van der Waals surface area contributed by atoms with E-state index in [4.69, 9.17) is 4.74 Å². The molecule has 0 spiro atoms. The minimum absolute atomic E-state index is 0.00504. The van der Waals surface area contributed by atoms with E-state index in [-0.39, 0.29) is 17.3 Å². The van der Waals surface area contributed by atoms with Crippen LogP contribution in [-0.2, 0) is 31.7 Å². The first kappa shape index (κ1) is 20.4. The van der Waals surface area contributed by atoms with Crippen molar-refractivity contribution in [3.8, 4) is 11.3 Å². The van der Waals surface area contributed by atoms with Gasteiger partial charge in [0.25, 0.3) is 11.6 Å². The zero-order valence-electron chi connectivity index (χ0n) is 17.0. The number of non-ortho nitro benzene ring substituents is 1. The van der Waals surface area contributed by atoms with E-state index in [1.807, 2.05) is 34.9 Å². The van der Waals surface area contributed by atoms with Crippen molar-refractivity contribution < 1.29 is 22.9 Å². The number of benzene rings is 2. The Labute approximate surface area is 183 Å². The van der Waals surface area contributed by atoms with Crippen LogP contribution in [-0.4, -0.2) is 42.4 Å². The van der Waals surface area contributed by atoms with Crippen LogP contribution in [0.15, 0.2) is 60.8 Å². The molecule has 2 aliphatic heterocycles. The highest BCUT2D eigenvalue weighted by Crippen LogP contribution is 2.47. The number of ether oxygens (including phenoxy) is 1. The molecule has 1 amide bonds. The van der Waals surface area contributed by atoms with Crippen molar-refractivity contribution in [2.24, 2.45) is 0 Å². The zero-order valence-corrected chi connectivity index (χ0v) is 17.9. The van der Waals surface area contributed by atoms with Crippen molar-refractivity contribution in [2.75, 3.05) is 12.0 Å². The number of fused-ring (bicyclic) bond motifs is 3. The smallest absolute Gasteiger partial charge is 0.269 e. The topological polar surface area (TPSA) is 112 Å². The summed E-state index contributed by atoms with van der Waals surface area (Å²) in [4.78, 5) is 24.6. The quantitative estimate of drug-likeness (QED) is 0.334. The average molecular weight is 453 g/mol. The molecule has 2 atom stereocenters. The highest BCUT2D eigenvalue weighted by molar-refractivity contribution is 7.91. The summed E-state index contributed by atoms with van der Waals surface area (Å²) in [6, 6.07) is 15.6. The van der Waals surface area contributed by atoms with Gasteiger partial charge in [-0.15, -0.1) is 0 Å². The van der Waals surface area contributed by atoms with Crippen molar-refractivity contribution in [3.05, 3.63) is 82.0 Å². The molecule has 0 radical (unpaired) electrons. The number of hydrogen-bond donors (Lipinski definition) is 0. The molecule has 9 nitrogen and oxygen atoms in total. The molecule has 0 aliphatic carbocycles. The lowest BCUT2D eigenvalue weighted by molar-refractivity contribution is -0.384. The Bertz CT molecular complexity index is 1330. The number of carbonyl (C=O) groups excluding carboxylic acids is 1. The molecule has 0 saturated carbocycles. The normalized spacial score (nSPS) is 20.9. The number of anilines is 1. The van der Waals surface area contributed by atoms with Crippen molar-refractivity contribution in [3.63, 3.8) is 0 Å². The highest BCUT2D eigenvalue weighted by Gasteiger charge is 2.59. The number of rotatable bonds is 5. The number of nitro benzene ring substituents is 1. The van der Waals surface area contributed by atoms with Crippen LogP contribution in [0.2, 0.25) is 0 Å². The summed E-state index contributed by atoms with van der Waals surface area (Å²) in [5.41, 5.74) is 3.49. The lowest BCUT2D eigenvalue weighted by Crippen LogP contribution is -2.70. The molecule has 0 unspecified atom stereocenters. The maximum Gasteiger partial charge on any atom is 0.269 e. The van der Waals surface area contributed by atoms with E-state index < -0.39 is 26.2 Å². The number of amides is 1. The van der Waals surface area contributed by atoms with Gasteiger partial charge in [-0.05, 0) is 5.56 Å². The first-order valence-corrected chi connectivity index (χ1v) is 11.6. The number of carbonyl (C=O) groups is 1. The predicted molar refractivity (Wildman–Crippen MR) is 117 cm³/mol. The monoisotopic (exact) mass is 453 g/mol. The van der Waals surface area contributed by atoms with E-state index in [0.29, 0.717) is 17.8 Å². The molecule has 0 bridgehead atoms. The molecule has 3 heterocycles. The number of nitrogens with zero attached hydrogens (tertiary/aromatic N) is 3. The number of hydrogen-bond acceptors (Lipinski definition) is 6. The van der Waals surface area contributed by atoms with E-state index in [1.54, 1.807) is 18.3 Å². The molecular formula is C22H19N3O6S. The first-order chi connectivity index (χ1) is 15.3. The van der Waals surface area contributed by atoms with Gasteiger partial charge in [0.15, 0.2) is 21.3 Å². The molecular weight excluding hydrogens is 434 g/mol. The minimum Gasteiger partial charge on any atom is -0.368 e. The summed E-state index contributed by atoms with van der Waals surface area (Å²) in [5, 5.41) is 9.92. The average Bonchev–Trinajstić information content (AvgIpc) is 3.09. The second-order valence-corrected chi connectivity index (χ2v) is 9.93. The van der Waals surface area contributed by atoms with Gasteiger partial charge in [-0.25, -0.2) is 8.42 Å². The van der Waals surface area contributed by atoms with Crippen LogP contribution in [0, 0.1) is 10.1 Å². The number of sulfone groups is 1. The fourth-order valence-corrected chi connectivity index (χ4v) is 6.41. The first-order valence-electron chi connectivity index (χ1n) is 9.90. The van der Waals surface area contributed by atoms with Gasteiger partial charge in [-0.2, -0.15) is 0 Å². The third-order valence-corrected chi connectivity index (χ3v) is 7.80. The second-order valence-electron chi connectivity index (χ2n) is 7.83. The fourth-order valence-electron chi connectivity index (χ4n) is 4.46. The summed E-state index contributed by atoms with van der Waals surface area (Å²) in [6.07, 6.45) is 0.745. The van der Waals surface area contributed by atoms with Crippen LogP contribution in [0.25, 0.3) is 11.3 Å². The van der Waals surface area contributed by atoms with E-state index in [0.717, 1.165) is 16.8 Å². The molecule has 2 aromatic carbocycles. The van der Waals surface area contributed by atoms with E-state index >= 15 is 0 Å². The number of nitro groups is 1. The summed E-state index contributed by atoms with van der Waals surface area (Å²) in [6.45, 7) is 0.357. The fraction of sp³-hybridized carbons (Fsp3) is 0.227. The lowest BCUT2D eigenvalue weighted by Gasteiger charge is -2.47. The van der Waals surface area contributed by atoms with Crippen LogP contribution in [0.4, 0.5) is 11.4 Å². The zero-order chi connectivity index (χ0) is 22.6. The Balaban J connectivity index is 1.65. The van der Waals surface area contributed by atoms with E-state index in [1.165, 1.54) is 24.1 Å². The van der Waals surface area contributed by atoms with Crippen LogP contribution in [0.5, 0.6) is 0 Å². The van der Waals surface area contributed by atoms with Crippen molar-refractivity contribution in [2.45, 2.75) is 23.8 Å². The molecule has 5 rings (SSSR count). The van der Waals surface area contributed by atoms with Gasteiger partial charge < -0.3 is 9.30 Å². The molecule has 3 aromatic rings. The third-order valence-electron chi connectivity index (χ3n) is 5.89. The Morgan fingerprint density at radius 1 is 1.12 bits per heavy atom.